The van der Waals surface area contributed by atoms with E-state index in [1.54, 1.807) is 11.1 Å². The maximum absolute atomic E-state index is 6.64. The molecule has 1 saturated carbocycles. The Hall–Kier alpha value is -0.300. The number of fused-ring (bicyclic) bond motifs is 2. The van der Waals surface area contributed by atoms with Crippen molar-refractivity contribution in [1.82, 2.24) is 0 Å². The van der Waals surface area contributed by atoms with E-state index in [1.807, 2.05) is 0 Å². The minimum absolute atomic E-state index is 0.316. The highest BCUT2D eigenvalue weighted by molar-refractivity contribution is 5.36. The molecule has 2 aliphatic rings. The third kappa shape index (κ3) is 1.69. The monoisotopic (exact) mass is 235 g/mol. The third-order valence-electron chi connectivity index (χ3n) is 5.65. The molecule has 0 heterocycles. The molecule has 2 aliphatic carbocycles. The van der Waals surface area contributed by atoms with Gasteiger partial charge in [-0.2, -0.15) is 0 Å². The first-order chi connectivity index (χ1) is 7.97. The van der Waals surface area contributed by atoms with Crippen molar-refractivity contribution in [1.29, 1.82) is 0 Å². The summed E-state index contributed by atoms with van der Waals surface area (Å²) < 4.78 is 0. The molecule has 98 valence electrons. The normalized spacial score (nSPS) is 41.5. The van der Waals surface area contributed by atoms with Gasteiger partial charge in [-0.05, 0) is 43.4 Å². The van der Waals surface area contributed by atoms with Crippen molar-refractivity contribution in [2.45, 2.75) is 66.3 Å². The fraction of sp³-hybridized carbons (Fsp3) is 0.875. The van der Waals surface area contributed by atoms with Gasteiger partial charge in [0.1, 0.15) is 0 Å². The highest BCUT2D eigenvalue weighted by atomic mass is 14.8. The van der Waals surface area contributed by atoms with E-state index in [9.17, 15) is 0 Å². The first-order valence-corrected chi connectivity index (χ1v) is 7.45. The molecule has 1 fully saturated rings. The van der Waals surface area contributed by atoms with Crippen molar-refractivity contribution in [3.05, 3.63) is 11.1 Å². The van der Waals surface area contributed by atoms with Crippen molar-refractivity contribution >= 4 is 0 Å². The van der Waals surface area contributed by atoms with E-state index in [2.05, 4.69) is 34.6 Å². The fourth-order valence-electron chi connectivity index (χ4n) is 4.70. The van der Waals surface area contributed by atoms with Crippen LogP contribution in [0.25, 0.3) is 0 Å². The maximum atomic E-state index is 6.64. The van der Waals surface area contributed by atoms with Gasteiger partial charge in [0.2, 0.25) is 0 Å². The topological polar surface area (TPSA) is 26.0 Å². The van der Waals surface area contributed by atoms with E-state index < -0.39 is 0 Å². The molecule has 0 saturated heterocycles. The van der Waals surface area contributed by atoms with Crippen LogP contribution in [0.15, 0.2) is 11.1 Å². The van der Waals surface area contributed by atoms with Crippen molar-refractivity contribution in [2.75, 3.05) is 0 Å². The Morgan fingerprint density at radius 3 is 2.41 bits per heavy atom. The van der Waals surface area contributed by atoms with Gasteiger partial charge in [0.15, 0.2) is 0 Å². The number of hydrogen-bond acceptors (Lipinski definition) is 1. The molecule has 0 aromatic carbocycles. The van der Waals surface area contributed by atoms with Crippen molar-refractivity contribution in [3.8, 4) is 0 Å². The molecule has 4 atom stereocenters. The van der Waals surface area contributed by atoms with Gasteiger partial charge < -0.3 is 5.73 Å². The lowest BCUT2D eigenvalue weighted by Gasteiger charge is -2.44. The maximum Gasteiger partial charge on any atom is 0.0200 e. The molecule has 0 radical (unpaired) electrons. The summed E-state index contributed by atoms with van der Waals surface area (Å²) in [4.78, 5) is 0. The van der Waals surface area contributed by atoms with Crippen LogP contribution in [0, 0.1) is 23.2 Å². The van der Waals surface area contributed by atoms with E-state index in [0.29, 0.717) is 17.4 Å². The number of nitrogens with two attached hydrogens (primary N) is 1. The average molecular weight is 235 g/mol. The lowest BCUT2D eigenvalue weighted by molar-refractivity contribution is 0.115. The predicted molar refractivity (Wildman–Crippen MR) is 74.7 cm³/mol. The van der Waals surface area contributed by atoms with E-state index >= 15 is 0 Å². The van der Waals surface area contributed by atoms with Crippen LogP contribution in [0.5, 0.6) is 0 Å². The fourth-order valence-corrected chi connectivity index (χ4v) is 4.70. The molecule has 1 heteroatoms. The summed E-state index contributed by atoms with van der Waals surface area (Å²) in [6.45, 7) is 11.8. The van der Waals surface area contributed by atoms with Crippen molar-refractivity contribution < 1.29 is 0 Å². The summed E-state index contributed by atoms with van der Waals surface area (Å²) in [7, 11) is 0. The van der Waals surface area contributed by atoms with Crippen LogP contribution in [0.1, 0.15) is 60.3 Å². The van der Waals surface area contributed by atoms with Gasteiger partial charge in [-0.3, -0.25) is 0 Å². The average Bonchev–Trinajstić information content (AvgIpc) is 2.43. The summed E-state index contributed by atoms with van der Waals surface area (Å²) in [6, 6.07) is 0.383. The molecule has 2 bridgehead atoms. The van der Waals surface area contributed by atoms with Gasteiger partial charge in [-0.1, -0.05) is 45.8 Å². The Morgan fingerprint density at radius 2 is 1.94 bits per heavy atom. The molecule has 0 aromatic heterocycles. The van der Waals surface area contributed by atoms with Gasteiger partial charge in [0.25, 0.3) is 0 Å². The first-order valence-electron chi connectivity index (χ1n) is 7.45. The van der Waals surface area contributed by atoms with Crippen LogP contribution in [-0.4, -0.2) is 6.04 Å². The van der Waals surface area contributed by atoms with Gasteiger partial charge >= 0.3 is 0 Å². The van der Waals surface area contributed by atoms with Gasteiger partial charge in [0.05, 0.1) is 0 Å². The summed E-state index contributed by atoms with van der Waals surface area (Å²) in [5.74, 6) is 2.26. The Balaban J connectivity index is 2.45. The highest BCUT2D eigenvalue weighted by Gasteiger charge is 2.53. The standard InChI is InChI=1S/C16H29N/c1-6-11-13(7-2)16(5)9-8-12(10(3)4)14(11)15(16)17/h10,12,14-15H,6-9,17H2,1-5H3/t12-,14-,15+,16-/m0/s1. The van der Waals surface area contributed by atoms with Crippen LogP contribution < -0.4 is 5.73 Å². The van der Waals surface area contributed by atoms with Crippen molar-refractivity contribution in [3.63, 3.8) is 0 Å². The SMILES string of the molecule is CCC1=C(CC)[C@]2(C)CC[C@@H](C(C)C)[C@H]1[C@H]2N. The highest BCUT2D eigenvalue weighted by Crippen LogP contribution is 2.58. The first kappa shape index (κ1) is 13.1. The second kappa shape index (κ2) is 4.42. The minimum atomic E-state index is 0.316. The van der Waals surface area contributed by atoms with E-state index in [-0.39, 0.29) is 0 Å². The molecule has 17 heavy (non-hydrogen) atoms. The molecule has 0 unspecified atom stereocenters. The number of rotatable bonds is 3. The summed E-state index contributed by atoms with van der Waals surface area (Å²) in [6.07, 6.45) is 5.09. The molecular weight excluding hydrogens is 206 g/mol. The Labute approximate surface area is 107 Å². The Kier molecular flexibility index (Phi) is 3.42. The molecule has 1 nitrogen and oxygen atoms in total. The minimum Gasteiger partial charge on any atom is -0.326 e. The smallest absolute Gasteiger partial charge is 0.0200 e. The second-order valence-corrected chi connectivity index (χ2v) is 6.63. The van der Waals surface area contributed by atoms with Gasteiger partial charge in [-0.15, -0.1) is 0 Å². The Bertz CT molecular complexity index is 328. The lowest BCUT2D eigenvalue weighted by Crippen LogP contribution is -2.48. The summed E-state index contributed by atoms with van der Waals surface area (Å²) >= 11 is 0. The zero-order valence-electron chi connectivity index (χ0n) is 12.2. The molecule has 2 N–H and O–H groups in total. The zero-order valence-corrected chi connectivity index (χ0v) is 12.2. The molecule has 0 amide bonds. The summed E-state index contributed by atoms with van der Waals surface area (Å²) in [5, 5.41) is 0. The van der Waals surface area contributed by atoms with Gasteiger partial charge in [-0.25, -0.2) is 0 Å². The third-order valence-corrected chi connectivity index (χ3v) is 5.65. The van der Waals surface area contributed by atoms with Crippen LogP contribution in [0.3, 0.4) is 0 Å². The summed E-state index contributed by atoms with van der Waals surface area (Å²) in [5.41, 5.74) is 10.4. The zero-order chi connectivity index (χ0) is 12.8. The predicted octanol–water partition coefficient (Wildman–Crippen LogP) is 4.13. The molecule has 2 rings (SSSR count). The van der Waals surface area contributed by atoms with Crippen molar-refractivity contribution in [2.24, 2.45) is 28.9 Å². The van der Waals surface area contributed by atoms with Crippen LogP contribution >= 0.6 is 0 Å². The molecule has 0 aromatic rings. The lowest BCUT2D eigenvalue weighted by atomic mass is 9.63. The largest absolute Gasteiger partial charge is 0.326 e. The molecule has 0 spiro atoms. The van der Waals surface area contributed by atoms with Gasteiger partial charge in [0, 0.05) is 11.5 Å². The quantitative estimate of drug-likeness (QED) is 0.731. The molecular formula is C16H29N. The van der Waals surface area contributed by atoms with E-state index in [4.69, 9.17) is 5.73 Å². The van der Waals surface area contributed by atoms with Crippen LogP contribution in [0.2, 0.25) is 0 Å². The molecule has 0 aliphatic heterocycles. The number of hydrogen-bond donors (Lipinski definition) is 1. The van der Waals surface area contributed by atoms with E-state index in [0.717, 1.165) is 11.8 Å². The van der Waals surface area contributed by atoms with Crippen LogP contribution in [-0.2, 0) is 0 Å². The Morgan fingerprint density at radius 1 is 1.29 bits per heavy atom. The second-order valence-electron chi connectivity index (χ2n) is 6.63. The van der Waals surface area contributed by atoms with E-state index in [1.165, 1.54) is 25.7 Å². The van der Waals surface area contributed by atoms with Crippen LogP contribution in [0.4, 0.5) is 0 Å².